The first-order chi connectivity index (χ1) is 7.70. The van der Waals surface area contributed by atoms with Crippen LogP contribution < -0.4 is 0 Å². The zero-order valence-corrected chi connectivity index (χ0v) is 13.6. The van der Waals surface area contributed by atoms with Crippen molar-refractivity contribution in [2.45, 2.75) is 39.6 Å². The van der Waals surface area contributed by atoms with Gasteiger partial charge in [0.2, 0.25) is 0 Å². The smallest absolute Gasteiger partial charge is 0.139 e. The number of halogens is 1. The molecule has 0 aliphatic heterocycles. The molecule has 0 amide bonds. The molecule has 1 nitrogen and oxygen atoms in total. The van der Waals surface area contributed by atoms with Crippen molar-refractivity contribution < 1.29 is 5.11 Å². The van der Waals surface area contributed by atoms with Crippen LogP contribution in [0.15, 0.2) is 16.6 Å². The number of aryl methyl sites for hydroxylation is 2. The van der Waals surface area contributed by atoms with Crippen LogP contribution in [0, 0.1) is 25.3 Å². The first-order valence-corrected chi connectivity index (χ1v) is 9.97. The van der Waals surface area contributed by atoms with Gasteiger partial charge in [-0.2, -0.15) is 0 Å². The zero-order chi connectivity index (χ0) is 13.2. The molecule has 0 fully saturated rings. The molecule has 0 aromatic heterocycles. The Labute approximate surface area is 113 Å². The number of benzene rings is 1. The zero-order valence-electron chi connectivity index (χ0n) is 11.1. The maximum absolute atomic E-state index is 10.1. The molecule has 1 aromatic carbocycles. The van der Waals surface area contributed by atoms with Crippen LogP contribution in [-0.2, 0) is 0 Å². The molecule has 0 aliphatic carbocycles. The van der Waals surface area contributed by atoms with Gasteiger partial charge in [-0.3, -0.25) is 0 Å². The Morgan fingerprint density at radius 2 is 1.76 bits per heavy atom. The molecule has 1 atom stereocenters. The molecule has 0 heterocycles. The fourth-order valence-corrected chi connectivity index (χ4v) is 2.43. The van der Waals surface area contributed by atoms with Gasteiger partial charge in [0.1, 0.15) is 14.2 Å². The number of hydrogen-bond acceptors (Lipinski definition) is 1. The van der Waals surface area contributed by atoms with Crippen LogP contribution in [0.1, 0.15) is 22.8 Å². The molecule has 1 rings (SSSR count). The molecular weight excluding hydrogens is 292 g/mol. The van der Waals surface area contributed by atoms with Crippen LogP contribution in [0.25, 0.3) is 0 Å². The number of aliphatic hydroxyl groups is 1. The minimum atomic E-state index is -1.43. The molecule has 1 unspecified atom stereocenters. The summed E-state index contributed by atoms with van der Waals surface area (Å²) in [6.07, 6.45) is -0.682. The second-order valence-corrected chi connectivity index (χ2v) is 11.0. The highest BCUT2D eigenvalue weighted by Gasteiger charge is 2.12. The van der Waals surface area contributed by atoms with Crippen LogP contribution in [-0.4, -0.2) is 13.2 Å². The fraction of sp³-hybridized carbons (Fsp3) is 0.429. The number of hydrogen-bond donors (Lipinski definition) is 1. The van der Waals surface area contributed by atoms with Crippen molar-refractivity contribution in [1.29, 1.82) is 0 Å². The maximum atomic E-state index is 10.1. The lowest BCUT2D eigenvalue weighted by Crippen LogP contribution is -2.17. The van der Waals surface area contributed by atoms with E-state index in [1.165, 1.54) is 5.56 Å². The summed E-state index contributed by atoms with van der Waals surface area (Å²) < 4.78 is 1.02. The summed E-state index contributed by atoms with van der Waals surface area (Å²) in [6.45, 7) is 10.6. The Bertz CT molecular complexity index is 477. The van der Waals surface area contributed by atoms with Crippen molar-refractivity contribution in [3.63, 3.8) is 0 Å². The third kappa shape index (κ3) is 4.31. The molecule has 1 N–H and O–H groups in total. The molecule has 0 bridgehead atoms. The quantitative estimate of drug-likeness (QED) is 0.614. The van der Waals surface area contributed by atoms with E-state index in [0.29, 0.717) is 0 Å². The van der Waals surface area contributed by atoms with E-state index < -0.39 is 14.2 Å². The Kier molecular flexibility index (Phi) is 4.59. The fourth-order valence-electron chi connectivity index (χ4n) is 1.50. The minimum absolute atomic E-state index is 0.682. The molecule has 1 aromatic rings. The summed E-state index contributed by atoms with van der Waals surface area (Å²) in [5.41, 5.74) is 6.37. The van der Waals surface area contributed by atoms with Gasteiger partial charge in [-0.15, -0.1) is 5.54 Å². The largest absolute Gasteiger partial charge is 0.376 e. The highest BCUT2D eigenvalue weighted by molar-refractivity contribution is 9.10. The van der Waals surface area contributed by atoms with Crippen LogP contribution in [0.2, 0.25) is 19.6 Å². The summed E-state index contributed by atoms with van der Waals surface area (Å²) in [4.78, 5) is 0. The molecule has 0 saturated heterocycles. The van der Waals surface area contributed by atoms with Gasteiger partial charge in [-0.1, -0.05) is 47.6 Å². The highest BCUT2D eigenvalue weighted by atomic mass is 79.9. The lowest BCUT2D eigenvalue weighted by atomic mass is 10.0. The first-order valence-electron chi connectivity index (χ1n) is 5.68. The predicted molar refractivity (Wildman–Crippen MR) is 79.7 cm³/mol. The topological polar surface area (TPSA) is 20.2 Å². The minimum Gasteiger partial charge on any atom is -0.376 e. The van der Waals surface area contributed by atoms with Gasteiger partial charge in [0.25, 0.3) is 0 Å². The van der Waals surface area contributed by atoms with Crippen molar-refractivity contribution >= 4 is 24.0 Å². The van der Waals surface area contributed by atoms with Gasteiger partial charge in [0.05, 0.1) is 0 Å². The average Bonchev–Trinajstić information content (AvgIpc) is 2.19. The molecule has 3 heteroatoms. The van der Waals surface area contributed by atoms with Crippen molar-refractivity contribution in [1.82, 2.24) is 0 Å². The second-order valence-electron chi connectivity index (χ2n) is 5.38. The van der Waals surface area contributed by atoms with Crippen LogP contribution in [0.3, 0.4) is 0 Å². The summed E-state index contributed by atoms with van der Waals surface area (Å²) in [5.74, 6) is 2.97. The molecule has 0 aliphatic rings. The van der Waals surface area contributed by atoms with Crippen molar-refractivity contribution in [3.05, 3.63) is 33.3 Å². The molecular formula is C14H19BrOSi. The van der Waals surface area contributed by atoms with Crippen molar-refractivity contribution in [2.24, 2.45) is 0 Å². The van der Waals surface area contributed by atoms with E-state index >= 15 is 0 Å². The van der Waals surface area contributed by atoms with E-state index in [1.807, 2.05) is 19.9 Å². The SMILES string of the molecule is Cc1cc(C)c(C(O)C#C[Si](C)(C)C)cc1Br. The van der Waals surface area contributed by atoms with E-state index in [-0.39, 0.29) is 0 Å². The Balaban J connectivity index is 3.08. The van der Waals surface area contributed by atoms with Gasteiger partial charge in [-0.25, -0.2) is 0 Å². The Hall–Kier alpha value is -0.563. The molecule has 0 saturated carbocycles. The summed E-state index contributed by atoms with van der Waals surface area (Å²) in [5, 5.41) is 10.1. The standard InChI is InChI=1S/C14H19BrOSi/c1-10-8-11(2)13(15)9-12(10)14(16)6-7-17(3,4)5/h8-9,14,16H,1-5H3. The van der Waals surface area contributed by atoms with Crippen molar-refractivity contribution in [3.8, 4) is 11.5 Å². The molecule has 0 radical (unpaired) electrons. The van der Waals surface area contributed by atoms with Gasteiger partial charge in [-0.05, 0) is 36.6 Å². The Morgan fingerprint density at radius 1 is 1.18 bits per heavy atom. The number of rotatable bonds is 1. The average molecular weight is 311 g/mol. The van der Waals surface area contributed by atoms with E-state index in [2.05, 4.69) is 53.1 Å². The Morgan fingerprint density at radius 3 is 2.29 bits per heavy atom. The molecule has 92 valence electrons. The van der Waals surface area contributed by atoms with Crippen molar-refractivity contribution in [2.75, 3.05) is 0 Å². The molecule has 0 spiro atoms. The predicted octanol–water partition coefficient (Wildman–Crippen LogP) is 3.98. The van der Waals surface area contributed by atoms with Gasteiger partial charge >= 0.3 is 0 Å². The lowest BCUT2D eigenvalue weighted by molar-refractivity contribution is 0.237. The third-order valence-electron chi connectivity index (χ3n) is 2.43. The first kappa shape index (κ1) is 14.5. The summed E-state index contributed by atoms with van der Waals surface area (Å²) >= 11 is 3.49. The van der Waals surface area contributed by atoms with E-state index in [1.54, 1.807) is 0 Å². The van der Waals surface area contributed by atoms with E-state index in [4.69, 9.17) is 0 Å². The monoisotopic (exact) mass is 310 g/mol. The third-order valence-corrected chi connectivity index (χ3v) is 4.17. The maximum Gasteiger partial charge on any atom is 0.139 e. The summed E-state index contributed by atoms with van der Waals surface area (Å²) in [6, 6.07) is 4.03. The second kappa shape index (κ2) is 5.39. The lowest BCUT2D eigenvalue weighted by Gasteiger charge is -2.12. The van der Waals surface area contributed by atoms with E-state index in [0.717, 1.165) is 15.6 Å². The van der Waals surface area contributed by atoms with Crippen LogP contribution >= 0.6 is 15.9 Å². The van der Waals surface area contributed by atoms with Gasteiger partial charge in [0, 0.05) is 4.47 Å². The normalized spacial score (nSPS) is 12.9. The van der Waals surface area contributed by atoms with Crippen LogP contribution in [0.5, 0.6) is 0 Å². The van der Waals surface area contributed by atoms with Gasteiger partial charge < -0.3 is 5.11 Å². The van der Waals surface area contributed by atoms with Gasteiger partial charge in [0.15, 0.2) is 0 Å². The molecule has 17 heavy (non-hydrogen) atoms. The van der Waals surface area contributed by atoms with Crippen LogP contribution in [0.4, 0.5) is 0 Å². The number of aliphatic hydroxyl groups excluding tert-OH is 1. The highest BCUT2D eigenvalue weighted by Crippen LogP contribution is 2.25. The van der Waals surface area contributed by atoms with E-state index in [9.17, 15) is 5.11 Å². The summed E-state index contributed by atoms with van der Waals surface area (Å²) in [7, 11) is -1.43.